The van der Waals surface area contributed by atoms with Crippen LogP contribution in [0.4, 0.5) is 4.79 Å². The molecule has 132 valence electrons. The van der Waals surface area contributed by atoms with Gasteiger partial charge >= 0.3 is 6.09 Å². The highest BCUT2D eigenvalue weighted by atomic mass is 32.1. The first-order chi connectivity index (χ1) is 10.5. The summed E-state index contributed by atoms with van der Waals surface area (Å²) in [4.78, 5) is 17.7. The molecule has 2 unspecified atom stereocenters. The molecule has 0 spiro atoms. The zero-order valence-corrected chi connectivity index (χ0v) is 16.4. The van der Waals surface area contributed by atoms with Crippen LogP contribution in [-0.4, -0.2) is 29.3 Å². The minimum Gasteiger partial charge on any atom is -0.444 e. The van der Waals surface area contributed by atoms with Gasteiger partial charge in [-0.25, -0.2) is 9.78 Å². The van der Waals surface area contributed by atoms with Crippen molar-refractivity contribution < 1.29 is 9.53 Å². The molecule has 0 saturated carbocycles. The van der Waals surface area contributed by atoms with Crippen LogP contribution in [0.1, 0.15) is 63.2 Å². The molecule has 0 radical (unpaired) electrons. The Kier molecular flexibility index (Phi) is 7.02. The smallest absolute Gasteiger partial charge is 0.407 e. The minimum atomic E-state index is -0.479. The normalized spacial score (nSPS) is 14.7. The van der Waals surface area contributed by atoms with E-state index in [1.165, 1.54) is 4.88 Å². The van der Waals surface area contributed by atoms with E-state index in [0.717, 1.165) is 10.7 Å². The molecule has 6 heteroatoms. The number of aryl methyl sites for hydroxylation is 2. The molecule has 0 aliphatic carbocycles. The number of hydrogen-bond donors (Lipinski definition) is 2. The molecule has 0 aromatic carbocycles. The van der Waals surface area contributed by atoms with Crippen LogP contribution in [0.25, 0.3) is 0 Å². The quantitative estimate of drug-likeness (QED) is 0.822. The third kappa shape index (κ3) is 6.87. The van der Waals surface area contributed by atoms with Crippen LogP contribution in [0.3, 0.4) is 0 Å². The molecule has 23 heavy (non-hydrogen) atoms. The highest BCUT2D eigenvalue weighted by Crippen LogP contribution is 2.23. The summed E-state index contributed by atoms with van der Waals surface area (Å²) in [5.74, 6) is 0.382. The van der Waals surface area contributed by atoms with Crippen LogP contribution < -0.4 is 10.6 Å². The Balaban J connectivity index is 2.62. The molecule has 0 aliphatic heterocycles. The standard InChI is InChI=1S/C17H31N3O2S/c1-10(2)14(9-18-16(21)22-17(6,7)8)19-11(3)15-12(4)23-13(5)20-15/h10-11,14,19H,9H2,1-8H3,(H,18,21). The fourth-order valence-electron chi connectivity index (χ4n) is 2.34. The van der Waals surface area contributed by atoms with Gasteiger partial charge in [-0.3, -0.25) is 0 Å². The molecule has 1 aromatic rings. The van der Waals surface area contributed by atoms with Crippen LogP contribution in [0.15, 0.2) is 0 Å². The average Bonchev–Trinajstić information content (AvgIpc) is 2.70. The van der Waals surface area contributed by atoms with Gasteiger partial charge in [-0.15, -0.1) is 11.3 Å². The first-order valence-electron chi connectivity index (χ1n) is 8.16. The van der Waals surface area contributed by atoms with E-state index in [-0.39, 0.29) is 18.2 Å². The largest absolute Gasteiger partial charge is 0.444 e. The van der Waals surface area contributed by atoms with Crippen LogP contribution >= 0.6 is 11.3 Å². The average molecular weight is 342 g/mol. The third-order valence-electron chi connectivity index (χ3n) is 3.48. The number of hydrogen-bond acceptors (Lipinski definition) is 5. The molecule has 0 saturated heterocycles. The van der Waals surface area contributed by atoms with Crippen molar-refractivity contribution in [3.05, 3.63) is 15.6 Å². The van der Waals surface area contributed by atoms with Gasteiger partial charge in [0, 0.05) is 23.5 Å². The number of amides is 1. The monoisotopic (exact) mass is 341 g/mol. The van der Waals surface area contributed by atoms with E-state index in [4.69, 9.17) is 4.74 Å². The van der Waals surface area contributed by atoms with Crippen molar-refractivity contribution in [2.24, 2.45) is 5.92 Å². The summed E-state index contributed by atoms with van der Waals surface area (Å²) in [6.45, 7) is 16.6. The summed E-state index contributed by atoms with van der Waals surface area (Å²) in [6.07, 6.45) is -0.377. The molecule has 2 N–H and O–H groups in total. The zero-order chi connectivity index (χ0) is 17.8. The van der Waals surface area contributed by atoms with Crippen molar-refractivity contribution in [1.29, 1.82) is 0 Å². The molecule has 5 nitrogen and oxygen atoms in total. The number of nitrogens with zero attached hydrogens (tertiary/aromatic N) is 1. The van der Waals surface area contributed by atoms with Gasteiger partial charge < -0.3 is 15.4 Å². The number of aromatic nitrogens is 1. The molecule has 2 atom stereocenters. The number of thiazole rings is 1. The molecule has 0 fully saturated rings. The molecule has 0 aliphatic rings. The third-order valence-corrected chi connectivity index (χ3v) is 4.39. The first-order valence-corrected chi connectivity index (χ1v) is 8.98. The van der Waals surface area contributed by atoms with Crippen molar-refractivity contribution in [1.82, 2.24) is 15.6 Å². The predicted molar refractivity (Wildman–Crippen MR) is 96.0 cm³/mol. The van der Waals surface area contributed by atoms with Gasteiger partial charge in [0.2, 0.25) is 0 Å². The Morgan fingerprint density at radius 2 is 1.87 bits per heavy atom. The molecule has 1 heterocycles. The summed E-state index contributed by atoms with van der Waals surface area (Å²) >= 11 is 1.72. The first kappa shape index (κ1) is 19.9. The molecular weight excluding hydrogens is 310 g/mol. The fraction of sp³-hybridized carbons (Fsp3) is 0.765. The van der Waals surface area contributed by atoms with E-state index in [9.17, 15) is 4.79 Å². The van der Waals surface area contributed by atoms with Gasteiger partial charge in [-0.1, -0.05) is 13.8 Å². The lowest BCUT2D eigenvalue weighted by atomic mass is 10.0. The molecule has 1 amide bonds. The second kappa shape index (κ2) is 8.11. The van der Waals surface area contributed by atoms with E-state index in [1.807, 2.05) is 27.7 Å². The molecule has 1 aromatic heterocycles. The molecule has 0 bridgehead atoms. The van der Waals surface area contributed by atoms with Gasteiger partial charge in [0.05, 0.1) is 10.7 Å². The SMILES string of the molecule is Cc1nc(C(C)NC(CNC(=O)OC(C)(C)C)C(C)C)c(C)s1. The summed E-state index contributed by atoms with van der Waals surface area (Å²) < 4.78 is 5.29. The maximum absolute atomic E-state index is 11.8. The Bertz CT molecular complexity index is 520. The molecular formula is C17H31N3O2S. The number of ether oxygens (including phenoxy) is 1. The number of carbonyl (C=O) groups is 1. The van der Waals surface area contributed by atoms with E-state index >= 15 is 0 Å². The van der Waals surface area contributed by atoms with Crippen molar-refractivity contribution in [2.75, 3.05) is 6.54 Å². The van der Waals surface area contributed by atoms with Gasteiger partial charge in [-0.2, -0.15) is 0 Å². The highest BCUT2D eigenvalue weighted by molar-refractivity contribution is 7.11. The van der Waals surface area contributed by atoms with E-state index in [2.05, 4.69) is 43.3 Å². The lowest BCUT2D eigenvalue weighted by Gasteiger charge is -2.27. The maximum Gasteiger partial charge on any atom is 0.407 e. The van der Waals surface area contributed by atoms with Crippen molar-refractivity contribution in [3.8, 4) is 0 Å². The number of alkyl carbamates (subject to hydrolysis) is 1. The highest BCUT2D eigenvalue weighted by Gasteiger charge is 2.22. The van der Waals surface area contributed by atoms with E-state index in [1.54, 1.807) is 11.3 Å². The second-order valence-electron chi connectivity index (χ2n) is 7.30. The van der Waals surface area contributed by atoms with Crippen molar-refractivity contribution >= 4 is 17.4 Å². The lowest BCUT2D eigenvalue weighted by molar-refractivity contribution is 0.0518. The summed E-state index contributed by atoms with van der Waals surface area (Å²) in [5, 5.41) is 7.52. The number of nitrogens with one attached hydrogen (secondary N) is 2. The van der Waals surface area contributed by atoms with Gasteiger partial charge in [0.1, 0.15) is 5.60 Å². The topological polar surface area (TPSA) is 63.2 Å². The van der Waals surface area contributed by atoms with Crippen molar-refractivity contribution in [3.63, 3.8) is 0 Å². The number of rotatable bonds is 6. The predicted octanol–water partition coefficient (Wildman–Crippen LogP) is 3.96. The Labute approximate surface area is 144 Å². The fourth-order valence-corrected chi connectivity index (χ4v) is 3.26. The Hall–Kier alpha value is -1.14. The van der Waals surface area contributed by atoms with Gasteiger partial charge in [-0.05, 0) is 47.5 Å². The summed E-state index contributed by atoms with van der Waals surface area (Å²) in [6, 6.07) is 0.298. The number of carbonyl (C=O) groups excluding carboxylic acids is 1. The van der Waals surface area contributed by atoms with Crippen LogP contribution in [0, 0.1) is 19.8 Å². The summed E-state index contributed by atoms with van der Waals surface area (Å²) in [7, 11) is 0. The van der Waals surface area contributed by atoms with Crippen LogP contribution in [0.2, 0.25) is 0 Å². The van der Waals surface area contributed by atoms with Gasteiger partial charge in [0.15, 0.2) is 0 Å². The zero-order valence-electron chi connectivity index (χ0n) is 15.6. The Morgan fingerprint density at radius 3 is 2.30 bits per heavy atom. The Morgan fingerprint density at radius 1 is 1.26 bits per heavy atom. The second-order valence-corrected chi connectivity index (χ2v) is 8.70. The maximum atomic E-state index is 11.8. The lowest BCUT2D eigenvalue weighted by Crippen LogP contribution is -2.46. The van der Waals surface area contributed by atoms with Crippen LogP contribution in [-0.2, 0) is 4.74 Å². The van der Waals surface area contributed by atoms with E-state index in [0.29, 0.717) is 12.5 Å². The van der Waals surface area contributed by atoms with Gasteiger partial charge in [0.25, 0.3) is 0 Å². The molecule has 1 rings (SSSR count). The summed E-state index contributed by atoms with van der Waals surface area (Å²) in [5.41, 5.74) is 0.614. The minimum absolute atomic E-state index is 0.146. The van der Waals surface area contributed by atoms with Crippen LogP contribution in [0.5, 0.6) is 0 Å². The van der Waals surface area contributed by atoms with Crippen molar-refractivity contribution in [2.45, 2.75) is 73.1 Å². The van der Waals surface area contributed by atoms with E-state index < -0.39 is 5.60 Å².